The maximum absolute atomic E-state index is 13.3. The first-order valence-corrected chi connectivity index (χ1v) is 9.07. The number of halogens is 3. The third-order valence-electron chi connectivity index (χ3n) is 4.68. The van der Waals surface area contributed by atoms with E-state index in [0.717, 1.165) is 28.6 Å². The van der Waals surface area contributed by atoms with Crippen molar-refractivity contribution in [3.05, 3.63) is 77.6 Å². The van der Waals surface area contributed by atoms with Gasteiger partial charge in [0.2, 0.25) is 0 Å². The first-order valence-electron chi connectivity index (χ1n) is 9.07. The Labute approximate surface area is 164 Å². The first-order chi connectivity index (χ1) is 13.9. The quantitative estimate of drug-likeness (QED) is 0.431. The highest BCUT2D eigenvalue weighted by Crippen LogP contribution is 2.34. The number of esters is 1. The average Bonchev–Trinajstić information content (AvgIpc) is 3.09. The fourth-order valence-electron chi connectivity index (χ4n) is 3.41. The monoisotopic (exact) mass is 398 g/mol. The lowest BCUT2D eigenvalue weighted by Gasteiger charge is -2.13. The summed E-state index contributed by atoms with van der Waals surface area (Å²) in [5.41, 5.74) is 1.16. The Kier molecular flexibility index (Phi) is 4.74. The molecule has 2 aromatic heterocycles. The molecule has 4 nitrogen and oxygen atoms in total. The van der Waals surface area contributed by atoms with E-state index in [-0.39, 0.29) is 12.2 Å². The van der Waals surface area contributed by atoms with Crippen LogP contribution in [0.3, 0.4) is 0 Å². The summed E-state index contributed by atoms with van der Waals surface area (Å²) in [6, 6.07) is 13.1. The molecule has 0 bridgehead atoms. The van der Waals surface area contributed by atoms with Crippen LogP contribution in [0.4, 0.5) is 13.2 Å². The zero-order chi connectivity index (χ0) is 20.6. The zero-order valence-corrected chi connectivity index (χ0v) is 15.5. The van der Waals surface area contributed by atoms with E-state index < -0.39 is 17.7 Å². The highest BCUT2D eigenvalue weighted by Gasteiger charge is 2.33. The fraction of sp³-hybridized carbons (Fsp3) is 0.182. The van der Waals surface area contributed by atoms with Crippen molar-refractivity contribution in [3.63, 3.8) is 0 Å². The standard InChI is InChI=1S/C22H17F3N2O2/c1-2-29-21(28)18-11-17(22(23,24)25)10-16-7-8-27(20(16)18)13-14-9-15-5-3-4-6-19(15)26-12-14/h3-12H,2,13H2,1H3. The normalized spacial score (nSPS) is 11.9. The minimum atomic E-state index is -4.56. The number of ether oxygens (including phenoxy) is 1. The van der Waals surface area contributed by atoms with Gasteiger partial charge in [0, 0.05) is 29.7 Å². The molecule has 0 aliphatic carbocycles. The Hall–Kier alpha value is -3.35. The molecular weight excluding hydrogens is 381 g/mol. The Morgan fingerprint density at radius 3 is 2.66 bits per heavy atom. The molecule has 4 rings (SSSR count). The summed E-state index contributed by atoms with van der Waals surface area (Å²) in [6.07, 6.45) is -1.16. The highest BCUT2D eigenvalue weighted by atomic mass is 19.4. The molecule has 0 atom stereocenters. The van der Waals surface area contributed by atoms with E-state index in [9.17, 15) is 18.0 Å². The molecule has 0 radical (unpaired) electrons. The lowest BCUT2D eigenvalue weighted by atomic mass is 10.1. The van der Waals surface area contributed by atoms with Gasteiger partial charge in [-0.15, -0.1) is 0 Å². The van der Waals surface area contributed by atoms with Gasteiger partial charge >= 0.3 is 12.1 Å². The number of alkyl halides is 3. The highest BCUT2D eigenvalue weighted by molar-refractivity contribution is 6.03. The summed E-state index contributed by atoms with van der Waals surface area (Å²) in [7, 11) is 0. The molecule has 0 N–H and O–H groups in total. The van der Waals surface area contributed by atoms with Crippen molar-refractivity contribution >= 4 is 27.8 Å². The van der Waals surface area contributed by atoms with Crippen LogP contribution in [-0.2, 0) is 17.5 Å². The number of hydrogen-bond acceptors (Lipinski definition) is 3. The fourth-order valence-corrected chi connectivity index (χ4v) is 3.41. The van der Waals surface area contributed by atoms with E-state index in [1.807, 2.05) is 30.3 Å². The van der Waals surface area contributed by atoms with Crippen LogP contribution in [0, 0.1) is 0 Å². The summed E-state index contributed by atoms with van der Waals surface area (Å²) >= 11 is 0. The van der Waals surface area contributed by atoms with Gasteiger partial charge in [-0.1, -0.05) is 18.2 Å². The number of fused-ring (bicyclic) bond motifs is 2. The lowest BCUT2D eigenvalue weighted by Crippen LogP contribution is -2.12. The van der Waals surface area contributed by atoms with Crippen LogP contribution in [0.1, 0.15) is 28.4 Å². The van der Waals surface area contributed by atoms with Crippen LogP contribution in [0.15, 0.2) is 60.9 Å². The van der Waals surface area contributed by atoms with Gasteiger partial charge in [0.1, 0.15) is 0 Å². The Balaban J connectivity index is 1.82. The minimum absolute atomic E-state index is 0.0753. The maximum Gasteiger partial charge on any atom is 0.416 e. The Morgan fingerprint density at radius 1 is 1.10 bits per heavy atom. The van der Waals surface area contributed by atoms with Crippen molar-refractivity contribution in [2.75, 3.05) is 6.61 Å². The number of nitrogens with zero attached hydrogens (tertiary/aromatic N) is 2. The van der Waals surface area contributed by atoms with Crippen molar-refractivity contribution in [3.8, 4) is 0 Å². The molecule has 0 unspecified atom stereocenters. The maximum atomic E-state index is 13.3. The van der Waals surface area contributed by atoms with Crippen LogP contribution >= 0.6 is 0 Å². The average molecular weight is 398 g/mol. The first kappa shape index (κ1) is 19.0. The van der Waals surface area contributed by atoms with Crippen molar-refractivity contribution in [2.24, 2.45) is 0 Å². The smallest absolute Gasteiger partial charge is 0.416 e. The second-order valence-electron chi connectivity index (χ2n) is 6.66. The molecular formula is C22H17F3N2O2. The van der Waals surface area contributed by atoms with Gasteiger partial charge in [-0.25, -0.2) is 4.79 Å². The Bertz CT molecular complexity index is 1210. The number of carbonyl (C=O) groups is 1. The molecule has 0 aliphatic heterocycles. The van der Waals surface area contributed by atoms with E-state index in [0.29, 0.717) is 17.4 Å². The second kappa shape index (κ2) is 7.24. The largest absolute Gasteiger partial charge is 0.462 e. The number of para-hydroxylation sites is 1. The van der Waals surface area contributed by atoms with E-state index in [4.69, 9.17) is 4.74 Å². The molecule has 2 heterocycles. The van der Waals surface area contributed by atoms with Crippen molar-refractivity contribution in [1.29, 1.82) is 0 Å². The predicted octanol–water partition coefficient (Wildman–Crippen LogP) is 5.43. The molecule has 29 heavy (non-hydrogen) atoms. The predicted molar refractivity (Wildman–Crippen MR) is 104 cm³/mol. The lowest BCUT2D eigenvalue weighted by molar-refractivity contribution is -0.137. The van der Waals surface area contributed by atoms with E-state index in [2.05, 4.69) is 4.98 Å². The van der Waals surface area contributed by atoms with Gasteiger partial charge in [0.15, 0.2) is 0 Å². The molecule has 0 aliphatic rings. The van der Waals surface area contributed by atoms with Gasteiger partial charge in [0.25, 0.3) is 0 Å². The molecule has 148 valence electrons. The van der Waals surface area contributed by atoms with Gasteiger partial charge in [-0.2, -0.15) is 13.2 Å². The van der Waals surface area contributed by atoms with Gasteiger partial charge in [-0.05, 0) is 42.8 Å². The third kappa shape index (κ3) is 3.68. The summed E-state index contributed by atoms with van der Waals surface area (Å²) in [6.45, 7) is 2.05. The van der Waals surface area contributed by atoms with E-state index in [1.54, 1.807) is 30.0 Å². The summed E-state index contributed by atoms with van der Waals surface area (Å²) in [5, 5.41) is 1.29. The molecule has 0 spiro atoms. The zero-order valence-electron chi connectivity index (χ0n) is 15.5. The van der Waals surface area contributed by atoms with Gasteiger partial charge in [-0.3, -0.25) is 4.98 Å². The number of aromatic nitrogens is 2. The van der Waals surface area contributed by atoms with Crippen molar-refractivity contribution in [2.45, 2.75) is 19.6 Å². The number of carbonyl (C=O) groups excluding carboxylic acids is 1. The number of benzene rings is 2. The van der Waals surface area contributed by atoms with Crippen LogP contribution in [0.2, 0.25) is 0 Å². The molecule has 4 aromatic rings. The van der Waals surface area contributed by atoms with Crippen LogP contribution < -0.4 is 0 Å². The van der Waals surface area contributed by atoms with Crippen LogP contribution in [0.25, 0.3) is 21.8 Å². The number of hydrogen-bond donors (Lipinski definition) is 0. The summed E-state index contributed by atoms with van der Waals surface area (Å²) in [4.78, 5) is 16.8. The van der Waals surface area contributed by atoms with Crippen LogP contribution in [0.5, 0.6) is 0 Å². The van der Waals surface area contributed by atoms with Gasteiger partial charge in [0.05, 0.1) is 28.8 Å². The van der Waals surface area contributed by atoms with Crippen LogP contribution in [-0.4, -0.2) is 22.1 Å². The molecule has 0 amide bonds. The summed E-state index contributed by atoms with van der Waals surface area (Å²) in [5.74, 6) is -0.778. The van der Waals surface area contributed by atoms with Gasteiger partial charge < -0.3 is 9.30 Å². The Morgan fingerprint density at radius 2 is 1.90 bits per heavy atom. The van der Waals surface area contributed by atoms with E-state index in [1.165, 1.54) is 0 Å². The molecule has 0 saturated heterocycles. The molecule has 7 heteroatoms. The topological polar surface area (TPSA) is 44.1 Å². The molecule has 2 aromatic carbocycles. The number of rotatable bonds is 4. The SMILES string of the molecule is CCOC(=O)c1cc(C(F)(F)F)cc2ccn(Cc3cnc4ccccc4c3)c12. The van der Waals surface area contributed by atoms with E-state index >= 15 is 0 Å². The summed E-state index contributed by atoms with van der Waals surface area (Å²) < 4.78 is 46.6. The third-order valence-corrected chi connectivity index (χ3v) is 4.68. The molecule has 0 fully saturated rings. The number of pyridine rings is 1. The molecule has 0 saturated carbocycles. The van der Waals surface area contributed by atoms with Crippen molar-refractivity contribution in [1.82, 2.24) is 9.55 Å². The van der Waals surface area contributed by atoms with Crippen molar-refractivity contribution < 1.29 is 22.7 Å². The second-order valence-corrected chi connectivity index (χ2v) is 6.66. The minimum Gasteiger partial charge on any atom is -0.462 e.